The number of fused-ring (bicyclic) bond motifs is 12. The van der Waals surface area contributed by atoms with E-state index >= 15 is 0 Å². The minimum atomic E-state index is -0.239. The van der Waals surface area contributed by atoms with Crippen LogP contribution in [0.3, 0.4) is 0 Å². The van der Waals surface area contributed by atoms with E-state index in [1.54, 1.807) is 0 Å². The first-order chi connectivity index (χ1) is 72.7. The average molecular weight is 1900 g/mol. The molecule has 148 heavy (non-hydrogen) atoms. The van der Waals surface area contributed by atoms with Crippen molar-refractivity contribution in [3.05, 3.63) is 549 Å². The molecular formula is C139H99N9. The van der Waals surface area contributed by atoms with Gasteiger partial charge in [-0.25, -0.2) is 44.9 Å². The van der Waals surface area contributed by atoms with Crippen LogP contribution in [0.15, 0.2) is 510 Å². The van der Waals surface area contributed by atoms with Crippen LogP contribution in [-0.4, -0.2) is 44.9 Å². The Balaban J connectivity index is 0.000000115. The Hall–Kier alpha value is -18.8. The highest BCUT2D eigenvalue weighted by molar-refractivity contribution is 6.04. The zero-order chi connectivity index (χ0) is 99.4. The molecule has 0 N–H and O–H groups in total. The maximum atomic E-state index is 4.98. The molecule has 1 atom stereocenters. The van der Waals surface area contributed by atoms with Gasteiger partial charge in [-0.3, -0.25) is 0 Å². The molecule has 9 heteroatoms. The summed E-state index contributed by atoms with van der Waals surface area (Å²) in [6.07, 6.45) is 0. The fraction of sp³-hybridized carbons (Fsp3) is 0.0576. The van der Waals surface area contributed by atoms with Crippen molar-refractivity contribution in [1.82, 2.24) is 44.9 Å². The predicted molar refractivity (Wildman–Crippen MR) is 609 cm³/mol. The quantitative estimate of drug-likeness (QED) is 0.0932. The number of benzene rings is 21. The van der Waals surface area contributed by atoms with Crippen molar-refractivity contribution < 1.29 is 0 Å². The lowest BCUT2D eigenvalue weighted by molar-refractivity contribution is 0.661. The van der Waals surface area contributed by atoms with Gasteiger partial charge < -0.3 is 0 Å². The molecule has 3 heterocycles. The Morgan fingerprint density at radius 2 is 0.392 bits per heavy atom. The Morgan fingerprint density at radius 1 is 0.142 bits per heavy atom. The van der Waals surface area contributed by atoms with Gasteiger partial charge in [0.2, 0.25) is 0 Å². The fourth-order valence-electron chi connectivity index (χ4n) is 22.4. The summed E-state index contributed by atoms with van der Waals surface area (Å²) in [7, 11) is 0. The molecule has 0 radical (unpaired) electrons. The van der Waals surface area contributed by atoms with Crippen molar-refractivity contribution in [2.45, 2.75) is 50.9 Å². The highest BCUT2D eigenvalue weighted by atomic mass is 15.1. The number of hydrogen-bond donors (Lipinski definition) is 0. The van der Waals surface area contributed by atoms with Gasteiger partial charge in [0.1, 0.15) is 0 Å². The Bertz CT molecular complexity index is 8810. The summed E-state index contributed by atoms with van der Waals surface area (Å²) < 4.78 is 0. The predicted octanol–water partition coefficient (Wildman–Crippen LogP) is 34.9. The molecule has 27 rings (SSSR count). The lowest BCUT2D eigenvalue weighted by atomic mass is 9.74. The zero-order valence-electron chi connectivity index (χ0n) is 82.5. The van der Waals surface area contributed by atoms with Gasteiger partial charge in [0, 0.05) is 66.3 Å². The summed E-state index contributed by atoms with van der Waals surface area (Å²) >= 11 is 0. The summed E-state index contributed by atoms with van der Waals surface area (Å²) in [6.45, 7) is 11.8. The molecule has 21 aromatic carbocycles. The summed E-state index contributed by atoms with van der Waals surface area (Å²) in [5, 5.41) is 5.18. The van der Waals surface area contributed by atoms with E-state index in [-0.39, 0.29) is 16.2 Å². The molecule has 9 nitrogen and oxygen atoms in total. The molecule has 0 spiro atoms. The number of rotatable bonds is 16. The van der Waals surface area contributed by atoms with Gasteiger partial charge in [0.15, 0.2) is 52.4 Å². The molecule has 3 aromatic heterocycles. The van der Waals surface area contributed by atoms with Crippen LogP contribution in [0, 0.1) is 0 Å². The van der Waals surface area contributed by atoms with Gasteiger partial charge in [0.05, 0.1) is 0 Å². The molecule has 1 unspecified atom stereocenters. The molecule has 0 saturated heterocycles. The van der Waals surface area contributed by atoms with Crippen LogP contribution in [-0.2, 0) is 16.2 Å². The van der Waals surface area contributed by atoms with Gasteiger partial charge in [-0.05, 0) is 216 Å². The van der Waals surface area contributed by atoms with Gasteiger partial charge in [0.25, 0.3) is 0 Å². The third-order valence-corrected chi connectivity index (χ3v) is 29.8. The van der Waals surface area contributed by atoms with E-state index in [9.17, 15) is 0 Å². The summed E-state index contributed by atoms with van der Waals surface area (Å²) in [6, 6.07) is 180. The van der Waals surface area contributed by atoms with Crippen LogP contribution in [0.4, 0.5) is 0 Å². The SMILES string of the molecule is CC1(C)c2cc3ccccc3cc2-c2c(-c3cccc(-c4cccc(-c5nc(-c6ccccc6)nc(-c6ccccc6)n5)c4)c3)cccc21.CC1(C)c2cccc(-c3cccc(-c4cccc(-c5nc(-c6ccccc6)nc(-c6ccccc6)n5)c4)c3)c2-c2ccc3ccccc3c21.CC1(c2ccccc2)c2ccccc2-c2c(-c3cccc(-c4cccc(-c5nc(-c6ccccc6)nc(-c6ccccc6)n5)c4)c3)cccc21. The van der Waals surface area contributed by atoms with Crippen LogP contribution in [0.5, 0.6) is 0 Å². The molecule has 24 aromatic rings. The summed E-state index contributed by atoms with van der Waals surface area (Å²) in [5.41, 5.74) is 39.8. The molecule has 700 valence electrons. The van der Waals surface area contributed by atoms with Gasteiger partial charge in [-0.15, -0.1) is 0 Å². The largest absolute Gasteiger partial charge is 0.208 e. The van der Waals surface area contributed by atoms with Crippen molar-refractivity contribution >= 4 is 21.5 Å². The van der Waals surface area contributed by atoms with Crippen molar-refractivity contribution in [2.24, 2.45) is 0 Å². The topological polar surface area (TPSA) is 116 Å². The third kappa shape index (κ3) is 16.8. The van der Waals surface area contributed by atoms with Crippen LogP contribution >= 0.6 is 0 Å². The van der Waals surface area contributed by atoms with E-state index in [1.807, 2.05) is 182 Å². The second-order valence-electron chi connectivity index (χ2n) is 39.5. The Kier molecular flexibility index (Phi) is 23.3. The van der Waals surface area contributed by atoms with Crippen molar-refractivity contribution in [2.75, 3.05) is 0 Å². The van der Waals surface area contributed by atoms with Gasteiger partial charge >= 0.3 is 0 Å². The normalized spacial score (nSPS) is 13.4. The second kappa shape index (κ2) is 38.1. The van der Waals surface area contributed by atoms with Gasteiger partial charge in [-0.2, -0.15) is 0 Å². The lowest BCUT2D eigenvalue weighted by Crippen LogP contribution is -2.22. The van der Waals surface area contributed by atoms with Crippen molar-refractivity contribution in [3.8, 4) is 203 Å². The number of aromatic nitrogens is 9. The minimum absolute atomic E-state index is 0.0849. The van der Waals surface area contributed by atoms with Crippen LogP contribution in [0.1, 0.15) is 73.6 Å². The molecule has 3 aliphatic rings. The van der Waals surface area contributed by atoms with E-state index in [2.05, 4.69) is 362 Å². The second-order valence-corrected chi connectivity index (χ2v) is 39.5. The Morgan fingerprint density at radius 3 is 0.770 bits per heavy atom. The molecular weight excluding hydrogens is 1800 g/mol. The smallest absolute Gasteiger partial charge is 0.164 e. The van der Waals surface area contributed by atoms with Crippen LogP contribution in [0.2, 0.25) is 0 Å². The molecule has 0 aliphatic heterocycles. The van der Waals surface area contributed by atoms with E-state index in [0.717, 1.165) is 83.5 Å². The molecule has 0 bridgehead atoms. The summed E-state index contributed by atoms with van der Waals surface area (Å²) in [5.74, 6) is 5.89. The van der Waals surface area contributed by atoms with E-state index < -0.39 is 0 Å². The average Bonchev–Trinajstić information content (AvgIpc) is 1.56. The first kappa shape index (κ1) is 90.4. The standard InChI is InChI=1S/C47H33N3.2C46H33N3/c1-47(38-24-9-4-10-25-38)41-28-12-11-26-40(41)43-39(27-15-29-42(43)47)36-22-13-20-34(30-36)35-21-14-23-37(31-35)46-49-44(32-16-5-2-6-17-32)48-45(50-46)33-18-7-3-8-19-33;1-46(2)40-25-13-24-37(41(40)39-27-26-30-14-9-10-23-38(30)42(39)46)35-21-11-19-33(28-35)34-20-12-22-36(29-34)45-48-43(31-15-5-3-6-16-31)47-44(49-45)32-17-7-4-8-18-32;1-46(2)40-25-13-24-38(42(40)39-28-34-18-9-10-19-35(34)29-41(39)46)36-22-11-20-32(26-36)33-21-12-23-37(27-33)45-48-43(30-14-5-3-6-15-30)47-44(49-45)31-16-7-4-8-17-31/h2-31H,1H3;2*3-29H,1-2H3. The third-order valence-electron chi connectivity index (χ3n) is 29.8. The molecule has 0 amide bonds. The number of hydrogen-bond acceptors (Lipinski definition) is 9. The van der Waals surface area contributed by atoms with Crippen molar-refractivity contribution in [3.63, 3.8) is 0 Å². The minimum Gasteiger partial charge on any atom is -0.208 e. The lowest BCUT2D eigenvalue weighted by Gasteiger charge is -2.28. The fourth-order valence-corrected chi connectivity index (χ4v) is 22.4. The maximum absolute atomic E-state index is 4.98. The monoisotopic (exact) mass is 1890 g/mol. The molecule has 0 saturated carbocycles. The van der Waals surface area contributed by atoms with Gasteiger partial charge in [-0.1, -0.05) is 489 Å². The Labute approximate surface area is 862 Å². The van der Waals surface area contributed by atoms with E-state index in [4.69, 9.17) is 44.9 Å². The highest BCUT2D eigenvalue weighted by Crippen LogP contribution is 2.59. The van der Waals surface area contributed by atoms with E-state index in [0.29, 0.717) is 52.4 Å². The molecule has 3 aliphatic carbocycles. The zero-order valence-corrected chi connectivity index (χ0v) is 82.5. The maximum Gasteiger partial charge on any atom is 0.164 e. The summed E-state index contributed by atoms with van der Waals surface area (Å²) in [4.78, 5) is 44.5. The number of nitrogens with zero attached hydrogens (tertiary/aromatic N) is 9. The van der Waals surface area contributed by atoms with Crippen LogP contribution in [0.25, 0.3) is 224 Å². The van der Waals surface area contributed by atoms with Crippen LogP contribution < -0.4 is 0 Å². The van der Waals surface area contributed by atoms with E-state index in [1.165, 1.54) is 127 Å². The van der Waals surface area contributed by atoms with Crippen molar-refractivity contribution in [1.29, 1.82) is 0 Å². The highest BCUT2D eigenvalue weighted by Gasteiger charge is 2.43. The molecule has 0 fully saturated rings. The first-order valence-corrected chi connectivity index (χ1v) is 50.6. The first-order valence-electron chi connectivity index (χ1n) is 50.6.